The summed E-state index contributed by atoms with van der Waals surface area (Å²) in [5.74, 6) is -2.80. The Morgan fingerprint density at radius 3 is 2.33 bits per heavy atom. The van der Waals surface area contributed by atoms with Gasteiger partial charge in [-0.25, -0.2) is 8.78 Å². The molecular formula is C10H16F2N2O. The van der Waals surface area contributed by atoms with Gasteiger partial charge in [0.15, 0.2) is 0 Å². The molecule has 15 heavy (non-hydrogen) atoms. The molecule has 1 spiro atoms. The normalized spacial score (nSPS) is 27.1. The van der Waals surface area contributed by atoms with Crippen LogP contribution in [0.2, 0.25) is 0 Å². The Morgan fingerprint density at radius 1 is 1.33 bits per heavy atom. The monoisotopic (exact) mass is 218 g/mol. The van der Waals surface area contributed by atoms with E-state index in [-0.39, 0.29) is 31.5 Å². The number of carbonyl (C=O) groups is 1. The van der Waals surface area contributed by atoms with Gasteiger partial charge in [-0.2, -0.15) is 0 Å². The maximum absolute atomic E-state index is 13.5. The van der Waals surface area contributed by atoms with Crippen molar-refractivity contribution in [3.63, 3.8) is 0 Å². The molecule has 2 heterocycles. The molecule has 2 aliphatic heterocycles. The minimum atomic E-state index is -2.67. The number of amides is 1. The molecule has 2 saturated heterocycles. The zero-order valence-corrected chi connectivity index (χ0v) is 9.02. The van der Waals surface area contributed by atoms with Gasteiger partial charge in [-0.05, 0) is 0 Å². The van der Waals surface area contributed by atoms with Crippen molar-refractivity contribution in [2.45, 2.75) is 19.8 Å². The van der Waals surface area contributed by atoms with Crippen molar-refractivity contribution in [2.75, 3.05) is 26.2 Å². The Bertz CT molecular complexity index is 285. The van der Waals surface area contributed by atoms with Gasteiger partial charge in [0.2, 0.25) is 5.91 Å². The third-order valence-electron chi connectivity index (χ3n) is 3.38. The highest BCUT2D eigenvalue weighted by Gasteiger charge is 2.64. The summed E-state index contributed by atoms with van der Waals surface area (Å²) >= 11 is 0. The van der Waals surface area contributed by atoms with Crippen LogP contribution in [0.4, 0.5) is 8.78 Å². The third-order valence-corrected chi connectivity index (χ3v) is 3.38. The average molecular weight is 218 g/mol. The molecule has 3 nitrogen and oxygen atoms in total. The molecule has 2 rings (SSSR count). The fourth-order valence-corrected chi connectivity index (χ4v) is 2.32. The van der Waals surface area contributed by atoms with Crippen molar-refractivity contribution in [3.8, 4) is 0 Å². The van der Waals surface area contributed by atoms with E-state index in [2.05, 4.69) is 5.32 Å². The summed E-state index contributed by atoms with van der Waals surface area (Å²) in [4.78, 5) is 13.1. The minimum absolute atomic E-state index is 0.0247. The fourth-order valence-electron chi connectivity index (χ4n) is 2.32. The largest absolute Gasteiger partial charge is 0.341 e. The van der Waals surface area contributed by atoms with Crippen LogP contribution in [0.1, 0.15) is 13.8 Å². The van der Waals surface area contributed by atoms with E-state index < -0.39 is 11.3 Å². The second kappa shape index (κ2) is 3.14. The van der Waals surface area contributed by atoms with Gasteiger partial charge in [0.1, 0.15) is 0 Å². The van der Waals surface area contributed by atoms with Gasteiger partial charge in [0.05, 0.1) is 12.0 Å². The predicted molar refractivity (Wildman–Crippen MR) is 51.7 cm³/mol. The molecule has 0 saturated carbocycles. The smallest absolute Gasteiger partial charge is 0.270 e. The lowest BCUT2D eigenvalue weighted by atomic mass is 9.76. The van der Waals surface area contributed by atoms with Gasteiger partial charge in [-0.15, -0.1) is 0 Å². The summed E-state index contributed by atoms with van der Waals surface area (Å²) in [5.41, 5.74) is -0.989. The van der Waals surface area contributed by atoms with Crippen molar-refractivity contribution >= 4 is 5.91 Å². The first kappa shape index (κ1) is 10.8. The van der Waals surface area contributed by atoms with E-state index in [0.29, 0.717) is 6.54 Å². The molecule has 1 N–H and O–H groups in total. The van der Waals surface area contributed by atoms with E-state index in [4.69, 9.17) is 0 Å². The van der Waals surface area contributed by atoms with Gasteiger partial charge in [0.25, 0.3) is 5.92 Å². The van der Waals surface area contributed by atoms with Crippen LogP contribution in [-0.4, -0.2) is 42.9 Å². The highest BCUT2D eigenvalue weighted by molar-refractivity contribution is 5.79. The predicted octanol–water partition coefficient (Wildman–Crippen LogP) is 0.710. The van der Waals surface area contributed by atoms with Gasteiger partial charge < -0.3 is 10.2 Å². The fraction of sp³-hybridized carbons (Fsp3) is 0.900. The van der Waals surface area contributed by atoms with Gasteiger partial charge in [-0.3, -0.25) is 4.79 Å². The molecule has 2 aliphatic rings. The van der Waals surface area contributed by atoms with Crippen LogP contribution in [0.5, 0.6) is 0 Å². The minimum Gasteiger partial charge on any atom is -0.341 e. The SMILES string of the molecule is CC(C)C(=O)N1CC2(CNCC2(F)F)C1. The molecule has 0 unspecified atom stereocenters. The first-order valence-electron chi connectivity index (χ1n) is 5.25. The topological polar surface area (TPSA) is 32.3 Å². The average Bonchev–Trinajstić information content (AvgIpc) is 2.36. The van der Waals surface area contributed by atoms with Crippen molar-refractivity contribution < 1.29 is 13.6 Å². The van der Waals surface area contributed by atoms with Crippen LogP contribution >= 0.6 is 0 Å². The number of rotatable bonds is 1. The molecule has 0 aliphatic carbocycles. The van der Waals surface area contributed by atoms with Crippen LogP contribution in [0, 0.1) is 11.3 Å². The highest BCUT2D eigenvalue weighted by Crippen LogP contribution is 2.47. The summed E-state index contributed by atoms with van der Waals surface area (Å²) < 4.78 is 27.0. The number of nitrogens with zero attached hydrogens (tertiary/aromatic N) is 1. The lowest BCUT2D eigenvalue weighted by molar-refractivity contribution is -0.175. The summed E-state index contributed by atoms with van der Waals surface area (Å²) in [6.07, 6.45) is 0. The molecule has 86 valence electrons. The molecule has 2 fully saturated rings. The highest BCUT2D eigenvalue weighted by atomic mass is 19.3. The molecule has 0 aromatic rings. The zero-order valence-electron chi connectivity index (χ0n) is 9.02. The summed E-state index contributed by atoms with van der Waals surface area (Å²) in [5, 5.41) is 2.71. The standard InChI is InChI=1S/C10H16F2N2O/c1-7(2)8(15)14-5-9(6-14)3-13-4-10(9,11)12/h7,13H,3-6H2,1-2H3. The number of halogens is 2. The van der Waals surface area contributed by atoms with Gasteiger partial charge in [0, 0.05) is 25.6 Å². The lowest BCUT2D eigenvalue weighted by Crippen LogP contribution is -2.66. The Labute approximate surface area is 87.8 Å². The molecular weight excluding hydrogens is 202 g/mol. The van der Waals surface area contributed by atoms with Crippen LogP contribution < -0.4 is 5.32 Å². The van der Waals surface area contributed by atoms with E-state index in [1.165, 1.54) is 4.90 Å². The van der Waals surface area contributed by atoms with Crippen molar-refractivity contribution in [2.24, 2.45) is 11.3 Å². The van der Waals surface area contributed by atoms with Gasteiger partial charge in [-0.1, -0.05) is 13.8 Å². The first-order chi connectivity index (χ1) is 6.88. The number of hydrogen-bond donors (Lipinski definition) is 1. The molecule has 0 aromatic heterocycles. The van der Waals surface area contributed by atoms with E-state index in [1.807, 2.05) is 0 Å². The van der Waals surface area contributed by atoms with E-state index in [1.54, 1.807) is 13.8 Å². The van der Waals surface area contributed by atoms with Crippen molar-refractivity contribution in [1.82, 2.24) is 10.2 Å². The second-order valence-electron chi connectivity index (χ2n) is 4.94. The summed E-state index contributed by atoms with van der Waals surface area (Å²) in [6.45, 7) is 4.04. The molecule has 0 radical (unpaired) electrons. The van der Waals surface area contributed by atoms with Crippen LogP contribution in [0.25, 0.3) is 0 Å². The van der Waals surface area contributed by atoms with Crippen LogP contribution in [0.15, 0.2) is 0 Å². The zero-order chi connectivity index (χ0) is 11.3. The summed E-state index contributed by atoms with van der Waals surface area (Å²) in [7, 11) is 0. The van der Waals surface area contributed by atoms with E-state index >= 15 is 0 Å². The van der Waals surface area contributed by atoms with Crippen LogP contribution in [-0.2, 0) is 4.79 Å². The third kappa shape index (κ3) is 1.44. The maximum Gasteiger partial charge on any atom is 0.270 e. The number of carbonyl (C=O) groups excluding carboxylic acids is 1. The van der Waals surface area contributed by atoms with Crippen LogP contribution in [0.3, 0.4) is 0 Å². The maximum atomic E-state index is 13.5. The molecule has 0 bridgehead atoms. The number of alkyl halides is 2. The Kier molecular flexibility index (Phi) is 2.26. The first-order valence-corrected chi connectivity index (χ1v) is 5.25. The van der Waals surface area contributed by atoms with E-state index in [9.17, 15) is 13.6 Å². The molecule has 0 atom stereocenters. The molecule has 5 heteroatoms. The number of nitrogens with one attached hydrogen (secondary N) is 1. The molecule has 0 aromatic carbocycles. The lowest BCUT2D eigenvalue weighted by Gasteiger charge is -2.50. The van der Waals surface area contributed by atoms with Crippen molar-refractivity contribution in [1.29, 1.82) is 0 Å². The summed E-state index contributed by atoms with van der Waals surface area (Å²) in [6, 6.07) is 0. The van der Waals surface area contributed by atoms with Crippen molar-refractivity contribution in [3.05, 3.63) is 0 Å². The van der Waals surface area contributed by atoms with Gasteiger partial charge >= 0.3 is 0 Å². The van der Waals surface area contributed by atoms with E-state index in [0.717, 1.165) is 0 Å². The number of likely N-dealkylation sites (tertiary alicyclic amines) is 1. The number of hydrogen-bond acceptors (Lipinski definition) is 2. The second-order valence-corrected chi connectivity index (χ2v) is 4.94. The Balaban J connectivity index is 2.00. The quantitative estimate of drug-likeness (QED) is 0.703. The Morgan fingerprint density at radius 2 is 1.93 bits per heavy atom. The Hall–Kier alpha value is -0.710. The molecule has 1 amide bonds.